The predicted molar refractivity (Wildman–Crippen MR) is 157 cm³/mol. The first-order valence-corrected chi connectivity index (χ1v) is 14.1. The van der Waals surface area contributed by atoms with Crippen LogP contribution in [0.2, 0.25) is 0 Å². The second-order valence-electron chi connectivity index (χ2n) is 10.4. The number of rotatable bonds is 11. The highest BCUT2D eigenvalue weighted by Crippen LogP contribution is 2.41. The minimum absolute atomic E-state index is 0.0149. The molecule has 0 saturated heterocycles. The summed E-state index contributed by atoms with van der Waals surface area (Å²) in [6.45, 7) is 0.348. The molecule has 7 heteroatoms. The van der Waals surface area contributed by atoms with Crippen LogP contribution >= 0.6 is 0 Å². The summed E-state index contributed by atoms with van der Waals surface area (Å²) in [6.07, 6.45) is 8.66. The van der Waals surface area contributed by atoms with Gasteiger partial charge in [-0.3, -0.25) is 0 Å². The average molecular weight is 534 g/mol. The van der Waals surface area contributed by atoms with Crippen molar-refractivity contribution < 1.29 is 9.84 Å². The Labute approximate surface area is 234 Å². The van der Waals surface area contributed by atoms with E-state index in [1.165, 1.54) is 12.8 Å². The monoisotopic (exact) mass is 533 g/mol. The highest BCUT2D eigenvalue weighted by Gasteiger charge is 2.38. The second kappa shape index (κ2) is 12.0. The van der Waals surface area contributed by atoms with Gasteiger partial charge in [-0.05, 0) is 36.0 Å². The van der Waals surface area contributed by atoms with E-state index in [1.54, 1.807) is 12.7 Å². The summed E-state index contributed by atoms with van der Waals surface area (Å²) in [5, 5.41) is 13.7. The van der Waals surface area contributed by atoms with Crippen LogP contribution in [-0.2, 0) is 10.3 Å². The molecule has 1 saturated carbocycles. The highest BCUT2D eigenvalue weighted by atomic mass is 16.5. The van der Waals surface area contributed by atoms with Crippen LogP contribution in [0.15, 0.2) is 104 Å². The van der Waals surface area contributed by atoms with E-state index in [0.29, 0.717) is 19.1 Å². The first-order valence-electron chi connectivity index (χ1n) is 14.1. The van der Waals surface area contributed by atoms with E-state index in [0.717, 1.165) is 46.5 Å². The Morgan fingerprint density at radius 1 is 0.825 bits per heavy atom. The largest absolute Gasteiger partial charge is 0.396 e. The summed E-state index contributed by atoms with van der Waals surface area (Å²) < 4.78 is 9.12. The molecule has 1 aliphatic rings. The van der Waals surface area contributed by atoms with E-state index < -0.39 is 5.60 Å². The molecule has 0 aliphatic heterocycles. The average Bonchev–Trinajstić information content (AvgIpc) is 3.69. The smallest absolute Gasteiger partial charge is 0.165 e. The third kappa shape index (κ3) is 5.10. The zero-order chi connectivity index (χ0) is 27.2. The minimum Gasteiger partial charge on any atom is -0.396 e. The molecule has 0 spiro atoms. The van der Waals surface area contributed by atoms with E-state index in [2.05, 4.69) is 51.7 Å². The number of aliphatic hydroxyl groups is 1. The first kappa shape index (κ1) is 26.2. The van der Waals surface area contributed by atoms with Crippen LogP contribution in [0.1, 0.15) is 54.8 Å². The lowest BCUT2D eigenvalue weighted by Crippen LogP contribution is -2.35. The van der Waals surface area contributed by atoms with Gasteiger partial charge in [0.2, 0.25) is 0 Å². The fraction of sp³-hybridized carbons (Fsp3) is 0.303. The SMILES string of the molecule is OCCC(COC(c1ccccc1)(c1ccccc1)c1ccccc1)n1cnc2c(NC3CCCC3)ncnc21. The van der Waals surface area contributed by atoms with E-state index in [1.807, 2.05) is 59.2 Å². The van der Waals surface area contributed by atoms with Gasteiger partial charge in [-0.25, -0.2) is 15.0 Å². The molecule has 1 fully saturated rings. The number of imidazole rings is 1. The number of aromatic nitrogens is 4. The van der Waals surface area contributed by atoms with Crippen molar-refractivity contribution in [3.8, 4) is 0 Å². The molecule has 1 atom stereocenters. The summed E-state index contributed by atoms with van der Waals surface area (Å²) in [5.41, 5.74) is 3.75. The summed E-state index contributed by atoms with van der Waals surface area (Å²) in [4.78, 5) is 13.8. The number of nitrogens with one attached hydrogen (secondary N) is 1. The summed E-state index contributed by atoms with van der Waals surface area (Å²) >= 11 is 0. The summed E-state index contributed by atoms with van der Waals surface area (Å²) in [7, 11) is 0. The summed E-state index contributed by atoms with van der Waals surface area (Å²) in [5.74, 6) is 0.770. The second-order valence-corrected chi connectivity index (χ2v) is 10.4. The zero-order valence-electron chi connectivity index (χ0n) is 22.6. The van der Waals surface area contributed by atoms with E-state index in [-0.39, 0.29) is 12.6 Å². The molecule has 1 unspecified atom stereocenters. The Morgan fingerprint density at radius 3 is 1.95 bits per heavy atom. The topological polar surface area (TPSA) is 85.1 Å². The Hall–Kier alpha value is -4.07. The van der Waals surface area contributed by atoms with Gasteiger partial charge in [-0.15, -0.1) is 0 Å². The van der Waals surface area contributed by atoms with Crippen LogP contribution in [0.5, 0.6) is 0 Å². The van der Waals surface area contributed by atoms with E-state index in [9.17, 15) is 5.11 Å². The number of hydrogen-bond donors (Lipinski definition) is 2. The normalized spacial score (nSPS) is 14.9. The Kier molecular flexibility index (Phi) is 7.84. The fourth-order valence-corrected chi connectivity index (χ4v) is 5.93. The van der Waals surface area contributed by atoms with Crippen molar-refractivity contribution in [2.75, 3.05) is 18.5 Å². The van der Waals surface area contributed by atoms with Crippen LogP contribution in [0.4, 0.5) is 5.82 Å². The minimum atomic E-state index is -0.849. The molecule has 0 radical (unpaired) electrons. The maximum absolute atomic E-state index is 10.1. The maximum Gasteiger partial charge on any atom is 0.165 e. The number of benzene rings is 3. The first-order chi connectivity index (χ1) is 19.8. The van der Waals surface area contributed by atoms with Gasteiger partial charge >= 0.3 is 0 Å². The zero-order valence-corrected chi connectivity index (χ0v) is 22.6. The molecule has 1 aliphatic carbocycles. The van der Waals surface area contributed by atoms with Gasteiger partial charge in [0.1, 0.15) is 17.4 Å². The molecule has 5 aromatic rings. The lowest BCUT2D eigenvalue weighted by atomic mass is 9.80. The molecular weight excluding hydrogens is 498 g/mol. The molecule has 6 rings (SSSR count). The van der Waals surface area contributed by atoms with Gasteiger partial charge in [0, 0.05) is 12.6 Å². The molecule has 40 heavy (non-hydrogen) atoms. The summed E-state index contributed by atoms with van der Waals surface area (Å²) in [6, 6.07) is 31.2. The Morgan fingerprint density at radius 2 is 1.40 bits per heavy atom. The molecule has 7 nitrogen and oxygen atoms in total. The Balaban J connectivity index is 1.39. The molecule has 2 heterocycles. The lowest BCUT2D eigenvalue weighted by Gasteiger charge is -2.37. The maximum atomic E-state index is 10.1. The molecular formula is C33H35N5O2. The highest BCUT2D eigenvalue weighted by molar-refractivity contribution is 5.82. The van der Waals surface area contributed by atoms with Crippen LogP contribution in [0.25, 0.3) is 11.2 Å². The molecule has 0 amide bonds. The number of hydrogen-bond acceptors (Lipinski definition) is 6. The Bertz CT molecular complexity index is 1410. The number of fused-ring (bicyclic) bond motifs is 1. The molecule has 0 bridgehead atoms. The van der Waals surface area contributed by atoms with Gasteiger partial charge in [0.05, 0.1) is 19.0 Å². The van der Waals surface area contributed by atoms with Crippen LogP contribution in [0, 0.1) is 0 Å². The predicted octanol–water partition coefficient (Wildman–Crippen LogP) is 6.11. The third-order valence-corrected chi connectivity index (χ3v) is 7.94. The molecule has 2 N–H and O–H groups in total. The van der Waals surface area contributed by atoms with Crippen molar-refractivity contribution >= 4 is 17.0 Å². The molecule has 204 valence electrons. The number of anilines is 1. The van der Waals surface area contributed by atoms with Gasteiger partial charge < -0.3 is 19.7 Å². The fourth-order valence-electron chi connectivity index (χ4n) is 5.93. The number of nitrogens with zero attached hydrogens (tertiary/aromatic N) is 4. The lowest BCUT2D eigenvalue weighted by molar-refractivity contribution is -0.00889. The number of aliphatic hydroxyl groups excluding tert-OH is 1. The van der Waals surface area contributed by atoms with Gasteiger partial charge in [-0.1, -0.05) is 104 Å². The van der Waals surface area contributed by atoms with Crippen molar-refractivity contribution in [1.29, 1.82) is 0 Å². The van der Waals surface area contributed by atoms with Crippen LogP contribution in [0.3, 0.4) is 0 Å². The van der Waals surface area contributed by atoms with Gasteiger partial charge in [-0.2, -0.15) is 0 Å². The van der Waals surface area contributed by atoms with Crippen LogP contribution in [-0.4, -0.2) is 43.9 Å². The van der Waals surface area contributed by atoms with Crippen molar-refractivity contribution in [2.45, 2.75) is 49.8 Å². The molecule has 3 aromatic carbocycles. The molecule has 2 aromatic heterocycles. The standard InChI is InChI=1S/C33H35N5O2/c39-21-20-29(38-24-36-30-31(34-23-35-32(30)38)37-28-18-10-11-19-28)22-40-33(25-12-4-1-5-13-25,26-14-6-2-7-15-26)27-16-8-3-9-17-27/h1-9,12-17,23-24,28-29,39H,10-11,18-22H2,(H,34,35,37). The van der Waals surface area contributed by atoms with Crippen molar-refractivity contribution in [3.63, 3.8) is 0 Å². The third-order valence-electron chi connectivity index (χ3n) is 7.94. The quantitative estimate of drug-likeness (QED) is 0.199. The van der Waals surface area contributed by atoms with Crippen LogP contribution < -0.4 is 5.32 Å². The van der Waals surface area contributed by atoms with Gasteiger partial charge in [0.15, 0.2) is 11.5 Å². The van der Waals surface area contributed by atoms with E-state index >= 15 is 0 Å². The van der Waals surface area contributed by atoms with Crippen molar-refractivity contribution in [3.05, 3.63) is 120 Å². The van der Waals surface area contributed by atoms with E-state index in [4.69, 9.17) is 9.72 Å². The number of ether oxygens (including phenoxy) is 1. The van der Waals surface area contributed by atoms with Crippen molar-refractivity contribution in [2.24, 2.45) is 0 Å². The van der Waals surface area contributed by atoms with Crippen molar-refractivity contribution in [1.82, 2.24) is 19.5 Å². The van der Waals surface area contributed by atoms with Gasteiger partial charge in [0.25, 0.3) is 0 Å².